The third-order valence-electron chi connectivity index (χ3n) is 2.51. The highest BCUT2D eigenvalue weighted by molar-refractivity contribution is 7.80. The Morgan fingerprint density at radius 3 is 2.28 bits per heavy atom. The summed E-state index contributed by atoms with van der Waals surface area (Å²) in [5.74, 6) is -0.0486. The van der Waals surface area contributed by atoms with Crippen LogP contribution >= 0.6 is 12.6 Å². The Bertz CT molecular complexity index is 409. The van der Waals surface area contributed by atoms with Crippen LogP contribution in [0, 0.1) is 0 Å². The monoisotopic (exact) mass is 282 g/mol. The molecule has 0 bridgehead atoms. The molecule has 2 unspecified atom stereocenters. The van der Waals surface area contributed by atoms with Gasteiger partial charge < -0.3 is 15.3 Å². The largest absolute Gasteiger partial charge is 0.416 e. The Morgan fingerprint density at radius 1 is 1.22 bits per heavy atom. The zero-order chi connectivity index (χ0) is 13.9. The highest BCUT2D eigenvalue weighted by Gasteiger charge is 2.31. The van der Waals surface area contributed by atoms with Gasteiger partial charge in [0.05, 0.1) is 18.3 Å². The molecule has 1 rings (SSSR count). The van der Waals surface area contributed by atoms with Crippen LogP contribution in [0.15, 0.2) is 18.2 Å². The van der Waals surface area contributed by atoms with E-state index in [1.807, 2.05) is 0 Å². The van der Waals surface area contributed by atoms with E-state index in [9.17, 15) is 23.4 Å². The van der Waals surface area contributed by atoms with Crippen LogP contribution in [-0.4, -0.2) is 27.2 Å². The summed E-state index contributed by atoms with van der Waals surface area (Å²) in [6.07, 6.45) is -7.11. The molecule has 0 aliphatic heterocycles. The van der Waals surface area contributed by atoms with Gasteiger partial charge in [-0.15, -0.1) is 0 Å². The van der Waals surface area contributed by atoms with Gasteiger partial charge in [-0.2, -0.15) is 25.8 Å². The maximum Gasteiger partial charge on any atom is 0.416 e. The van der Waals surface area contributed by atoms with Crippen LogP contribution in [0.25, 0.3) is 0 Å². The molecule has 7 heteroatoms. The molecule has 0 aliphatic carbocycles. The summed E-state index contributed by atoms with van der Waals surface area (Å²) in [5.41, 5.74) is -0.923. The molecule has 0 saturated heterocycles. The molecule has 0 aliphatic rings. The number of aliphatic hydroxyl groups excluding tert-OH is 3. The van der Waals surface area contributed by atoms with Crippen LogP contribution in [0.1, 0.15) is 22.8 Å². The first-order valence-corrected chi connectivity index (χ1v) is 5.72. The molecule has 0 saturated carbocycles. The van der Waals surface area contributed by atoms with Gasteiger partial charge in [0.1, 0.15) is 6.10 Å². The van der Waals surface area contributed by atoms with Crippen LogP contribution in [0.2, 0.25) is 0 Å². The van der Waals surface area contributed by atoms with Crippen molar-refractivity contribution in [3.8, 4) is 0 Å². The Morgan fingerprint density at radius 2 is 1.83 bits per heavy atom. The molecule has 0 fully saturated rings. The van der Waals surface area contributed by atoms with Crippen molar-refractivity contribution in [2.24, 2.45) is 0 Å². The van der Waals surface area contributed by atoms with Gasteiger partial charge in [-0.3, -0.25) is 0 Å². The minimum atomic E-state index is -4.52. The molecule has 3 nitrogen and oxygen atoms in total. The maximum atomic E-state index is 12.5. The Kier molecular flexibility index (Phi) is 5.03. The van der Waals surface area contributed by atoms with Crippen molar-refractivity contribution in [1.29, 1.82) is 0 Å². The highest BCUT2D eigenvalue weighted by Crippen LogP contribution is 2.32. The van der Waals surface area contributed by atoms with E-state index >= 15 is 0 Å². The molecule has 0 heterocycles. The van der Waals surface area contributed by atoms with E-state index in [-0.39, 0.29) is 16.9 Å². The van der Waals surface area contributed by atoms with Gasteiger partial charge in [0.2, 0.25) is 0 Å². The summed E-state index contributed by atoms with van der Waals surface area (Å²) in [6, 6.07) is 2.60. The number of rotatable bonds is 4. The van der Waals surface area contributed by atoms with Crippen molar-refractivity contribution in [2.75, 3.05) is 5.75 Å². The van der Waals surface area contributed by atoms with E-state index in [0.717, 1.165) is 18.2 Å². The van der Waals surface area contributed by atoms with E-state index in [0.29, 0.717) is 0 Å². The third-order valence-corrected chi connectivity index (χ3v) is 2.88. The fourth-order valence-corrected chi connectivity index (χ4v) is 1.71. The number of benzene rings is 1. The van der Waals surface area contributed by atoms with E-state index in [1.165, 1.54) is 0 Å². The Labute approximate surface area is 107 Å². The molecule has 102 valence electrons. The predicted molar refractivity (Wildman–Crippen MR) is 62.2 cm³/mol. The minimum absolute atomic E-state index is 0.0486. The Balaban J connectivity index is 3.15. The molecule has 1 aromatic rings. The van der Waals surface area contributed by atoms with E-state index in [4.69, 9.17) is 5.11 Å². The second-order valence-corrected chi connectivity index (χ2v) is 4.13. The van der Waals surface area contributed by atoms with Gasteiger partial charge in [0, 0.05) is 5.75 Å². The molecule has 2 atom stereocenters. The van der Waals surface area contributed by atoms with Gasteiger partial charge >= 0.3 is 6.18 Å². The summed E-state index contributed by atoms with van der Waals surface area (Å²) in [6.45, 7) is -0.657. The lowest BCUT2D eigenvalue weighted by atomic mass is 9.97. The first-order chi connectivity index (χ1) is 8.31. The lowest BCUT2D eigenvalue weighted by Gasteiger charge is -2.20. The summed E-state index contributed by atoms with van der Waals surface area (Å²) < 4.78 is 37.4. The third kappa shape index (κ3) is 3.38. The zero-order valence-corrected chi connectivity index (χ0v) is 10.1. The van der Waals surface area contributed by atoms with Gasteiger partial charge in [0.25, 0.3) is 0 Å². The summed E-state index contributed by atoms with van der Waals surface area (Å²) in [4.78, 5) is 0. The smallest absolute Gasteiger partial charge is 0.392 e. The summed E-state index contributed by atoms with van der Waals surface area (Å²) in [7, 11) is 0. The number of halogens is 3. The van der Waals surface area contributed by atoms with Crippen LogP contribution in [0.4, 0.5) is 13.2 Å². The van der Waals surface area contributed by atoms with Crippen LogP contribution in [0.5, 0.6) is 0 Å². The van der Waals surface area contributed by atoms with Crippen molar-refractivity contribution in [1.82, 2.24) is 0 Å². The van der Waals surface area contributed by atoms with Crippen LogP contribution < -0.4 is 0 Å². The molecule has 0 amide bonds. The van der Waals surface area contributed by atoms with E-state index < -0.39 is 30.6 Å². The van der Waals surface area contributed by atoms with Gasteiger partial charge in [-0.25, -0.2) is 0 Å². The number of hydrogen-bond donors (Lipinski definition) is 4. The van der Waals surface area contributed by atoms with Gasteiger partial charge in [0.15, 0.2) is 0 Å². The number of thiol groups is 1. The number of hydrogen-bond acceptors (Lipinski definition) is 4. The van der Waals surface area contributed by atoms with Crippen molar-refractivity contribution in [3.05, 3.63) is 34.9 Å². The number of aliphatic hydroxyl groups is 3. The molecule has 0 spiro atoms. The maximum absolute atomic E-state index is 12.5. The predicted octanol–water partition coefficient (Wildman–Crippen LogP) is 1.52. The summed E-state index contributed by atoms with van der Waals surface area (Å²) in [5, 5.41) is 28.1. The lowest BCUT2D eigenvalue weighted by Crippen LogP contribution is -2.21. The molecule has 3 N–H and O–H groups in total. The second kappa shape index (κ2) is 5.92. The van der Waals surface area contributed by atoms with Crippen LogP contribution in [-0.2, 0) is 12.8 Å². The van der Waals surface area contributed by atoms with Gasteiger partial charge in [-0.05, 0) is 23.3 Å². The molecule has 18 heavy (non-hydrogen) atoms. The topological polar surface area (TPSA) is 60.7 Å². The first kappa shape index (κ1) is 15.3. The molecule has 0 aromatic heterocycles. The van der Waals surface area contributed by atoms with Crippen molar-refractivity contribution in [3.63, 3.8) is 0 Å². The minimum Gasteiger partial charge on any atom is -0.392 e. The van der Waals surface area contributed by atoms with Crippen molar-refractivity contribution < 1.29 is 28.5 Å². The van der Waals surface area contributed by atoms with Gasteiger partial charge in [-0.1, -0.05) is 6.07 Å². The standard InChI is InChI=1S/C11H13F3O3S/c12-11(13,14)7-1-2-8(6(3-7)4-15)10(17)9(16)5-18/h1-3,9-10,15-18H,4-5H2. The highest BCUT2D eigenvalue weighted by atomic mass is 32.1. The van der Waals surface area contributed by atoms with Crippen molar-refractivity contribution >= 4 is 12.6 Å². The summed E-state index contributed by atoms with van der Waals surface area (Å²) >= 11 is 3.78. The first-order valence-electron chi connectivity index (χ1n) is 5.09. The quantitative estimate of drug-likeness (QED) is 0.633. The normalized spacial score (nSPS) is 15.5. The lowest BCUT2D eigenvalue weighted by molar-refractivity contribution is -0.137. The van der Waals surface area contributed by atoms with E-state index in [2.05, 4.69) is 12.6 Å². The Hall–Kier alpha value is -0.760. The average Bonchev–Trinajstić information content (AvgIpc) is 2.35. The van der Waals surface area contributed by atoms with Crippen molar-refractivity contribution in [2.45, 2.75) is 25.0 Å². The second-order valence-electron chi connectivity index (χ2n) is 3.76. The molecular weight excluding hydrogens is 269 g/mol. The SMILES string of the molecule is OCc1cc(C(F)(F)F)ccc1C(O)C(O)CS. The zero-order valence-electron chi connectivity index (χ0n) is 9.22. The fraction of sp³-hybridized carbons (Fsp3) is 0.455. The number of alkyl halides is 3. The average molecular weight is 282 g/mol. The molecular formula is C11H13F3O3S. The van der Waals surface area contributed by atoms with E-state index in [1.54, 1.807) is 0 Å². The van der Waals surface area contributed by atoms with Crippen LogP contribution in [0.3, 0.4) is 0 Å². The fourth-order valence-electron chi connectivity index (χ4n) is 1.51. The molecule has 0 radical (unpaired) electrons. The molecule has 1 aromatic carbocycles.